The summed E-state index contributed by atoms with van der Waals surface area (Å²) in [6, 6.07) is 30.9. The molecule has 146 valence electrons. The van der Waals surface area contributed by atoms with Gasteiger partial charge in [-0.25, -0.2) is 4.98 Å². The number of aryl methyl sites for hydroxylation is 1. The molecule has 0 amide bonds. The summed E-state index contributed by atoms with van der Waals surface area (Å²) >= 11 is 0. The van der Waals surface area contributed by atoms with E-state index in [1.165, 1.54) is 11.1 Å². The summed E-state index contributed by atoms with van der Waals surface area (Å²) in [7, 11) is 0. The van der Waals surface area contributed by atoms with Crippen molar-refractivity contribution in [3.8, 4) is 6.07 Å². The fraction of sp³-hybridized carbons (Fsp3) is 0.111. The van der Waals surface area contributed by atoms with Gasteiger partial charge in [-0.2, -0.15) is 5.26 Å². The first-order chi connectivity index (χ1) is 14.8. The van der Waals surface area contributed by atoms with Crippen LogP contribution >= 0.6 is 0 Å². The highest BCUT2D eigenvalue weighted by molar-refractivity contribution is 5.78. The van der Waals surface area contributed by atoms with Crippen LogP contribution in [-0.2, 0) is 13.0 Å². The zero-order valence-electron chi connectivity index (χ0n) is 16.8. The molecule has 4 aromatic rings. The second kappa shape index (κ2) is 9.54. The van der Waals surface area contributed by atoms with Gasteiger partial charge in [0.25, 0.3) is 0 Å². The predicted octanol–water partition coefficient (Wildman–Crippen LogP) is 5.87. The number of aromatic nitrogens is 2. The summed E-state index contributed by atoms with van der Waals surface area (Å²) in [5.41, 5.74) is 6.54. The fourth-order valence-corrected chi connectivity index (χ4v) is 3.57. The van der Waals surface area contributed by atoms with Gasteiger partial charge < -0.3 is 4.57 Å². The molecule has 1 heterocycles. The van der Waals surface area contributed by atoms with Gasteiger partial charge in [0.1, 0.15) is 0 Å². The van der Waals surface area contributed by atoms with E-state index in [4.69, 9.17) is 5.26 Å². The Kier molecular flexibility index (Phi) is 6.17. The van der Waals surface area contributed by atoms with E-state index in [2.05, 4.69) is 70.2 Å². The lowest BCUT2D eigenvalue weighted by Crippen LogP contribution is -2.04. The summed E-state index contributed by atoms with van der Waals surface area (Å²) in [6.45, 7) is 0.766. The van der Waals surface area contributed by atoms with E-state index in [1.807, 2.05) is 48.9 Å². The Bertz CT molecular complexity index is 1150. The van der Waals surface area contributed by atoms with Gasteiger partial charge in [-0.3, -0.25) is 0 Å². The quantitative estimate of drug-likeness (QED) is 0.397. The van der Waals surface area contributed by atoms with Crippen LogP contribution in [0.15, 0.2) is 104 Å². The number of nitrogens with zero attached hydrogens (tertiary/aromatic N) is 3. The summed E-state index contributed by atoms with van der Waals surface area (Å²) < 4.78 is 2.18. The number of hydrogen-bond acceptors (Lipinski definition) is 2. The van der Waals surface area contributed by atoms with Crippen molar-refractivity contribution in [1.29, 1.82) is 5.26 Å². The van der Waals surface area contributed by atoms with Gasteiger partial charge in [0, 0.05) is 12.1 Å². The van der Waals surface area contributed by atoms with E-state index in [-0.39, 0.29) is 0 Å². The zero-order chi connectivity index (χ0) is 20.6. The Balaban J connectivity index is 1.66. The predicted molar refractivity (Wildman–Crippen MR) is 121 cm³/mol. The molecule has 3 aromatic carbocycles. The Morgan fingerprint density at radius 1 is 0.867 bits per heavy atom. The maximum absolute atomic E-state index is 9.15. The molecule has 0 spiro atoms. The molecule has 0 radical (unpaired) electrons. The van der Waals surface area contributed by atoms with E-state index in [0.29, 0.717) is 5.56 Å². The molecule has 0 aliphatic rings. The van der Waals surface area contributed by atoms with Crippen molar-refractivity contribution in [3.63, 3.8) is 0 Å². The summed E-state index contributed by atoms with van der Waals surface area (Å²) in [6.07, 6.45) is 8.00. The van der Waals surface area contributed by atoms with Crippen LogP contribution in [0.5, 0.6) is 0 Å². The molecule has 30 heavy (non-hydrogen) atoms. The topological polar surface area (TPSA) is 41.6 Å². The van der Waals surface area contributed by atoms with Crippen molar-refractivity contribution in [2.45, 2.75) is 19.4 Å². The van der Waals surface area contributed by atoms with E-state index in [9.17, 15) is 0 Å². The van der Waals surface area contributed by atoms with Crippen LogP contribution in [0.1, 0.15) is 34.4 Å². The molecule has 0 bridgehead atoms. The highest BCUT2D eigenvalue weighted by atomic mass is 15.0. The number of nitriles is 1. The second-order valence-corrected chi connectivity index (χ2v) is 7.22. The molecular weight excluding hydrogens is 366 g/mol. The second-order valence-electron chi connectivity index (χ2n) is 7.22. The minimum absolute atomic E-state index is 0.667. The van der Waals surface area contributed by atoms with Crippen molar-refractivity contribution in [1.82, 2.24) is 9.55 Å². The fourth-order valence-electron chi connectivity index (χ4n) is 3.57. The summed E-state index contributed by atoms with van der Waals surface area (Å²) in [5.74, 6) is 0. The monoisotopic (exact) mass is 389 g/mol. The summed E-state index contributed by atoms with van der Waals surface area (Å²) in [4.78, 5) is 4.43. The Hall–Kier alpha value is -3.90. The van der Waals surface area contributed by atoms with Gasteiger partial charge in [-0.1, -0.05) is 78.9 Å². The third-order valence-electron chi connectivity index (χ3n) is 5.13. The molecule has 0 unspecified atom stereocenters. The Morgan fingerprint density at radius 2 is 1.53 bits per heavy atom. The molecule has 0 aliphatic carbocycles. The first-order valence-electron chi connectivity index (χ1n) is 10.1. The van der Waals surface area contributed by atoms with E-state index in [1.54, 1.807) is 0 Å². The van der Waals surface area contributed by atoms with Crippen LogP contribution in [0.3, 0.4) is 0 Å². The molecule has 0 atom stereocenters. The number of allylic oxidation sites excluding steroid dienone is 1. The lowest BCUT2D eigenvalue weighted by Gasteiger charge is -2.13. The molecule has 0 saturated carbocycles. The van der Waals surface area contributed by atoms with Gasteiger partial charge in [-0.05, 0) is 41.7 Å². The van der Waals surface area contributed by atoms with Crippen molar-refractivity contribution in [2.75, 3.05) is 0 Å². The van der Waals surface area contributed by atoms with Crippen LogP contribution < -0.4 is 0 Å². The van der Waals surface area contributed by atoms with E-state index in [0.717, 1.165) is 36.2 Å². The average Bonchev–Trinajstić information content (AvgIpc) is 3.26. The van der Waals surface area contributed by atoms with Gasteiger partial charge in [0.15, 0.2) is 0 Å². The van der Waals surface area contributed by atoms with E-state index < -0.39 is 0 Å². The van der Waals surface area contributed by atoms with Crippen LogP contribution in [0.2, 0.25) is 0 Å². The number of imidazole rings is 1. The molecule has 3 nitrogen and oxygen atoms in total. The minimum atomic E-state index is 0.667. The highest BCUT2D eigenvalue weighted by Crippen LogP contribution is 2.25. The largest absolute Gasteiger partial charge is 0.326 e. The summed E-state index contributed by atoms with van der Waals surface area (Å²) in [5, 5.41) is 9.15. The number of benzene rings is 3. The van der Waals surface area contributed by atoms with Gasteiger partial charge in [0.05, 0.1) is 29.9 Å². The standard InChI is InChI=1S/C27H23N3/c28-18-23-14-16-25(17-15-23)26(13-7-12-22-8-3-1-4-9-22)27-19-29-21-30(27)20-24-10-5-2-6-11-24/h1-6,8-11,13-17,19,21H,7,12,20H2. The van der Waals surface area contributed by atoms with Crippen LogP contribution in [0, 0.1) is 11.3 Å². The third kappa shape index (κ3) is 4.74. The first kappa shape index (κ1) is 19.4. The number of rotatable bonds is 7. The van der Waals surface area contributed by atoms with Crippen LogP contribution in [0.4, 0.5) is 0 Å². The molecule has 0 fully saturated rings. The Morgan fingerprint density at radius 3 is 2.20 bits per heavy atom. The maximum atomic E-state index is 9.15. The smallest absolute Gasteiger partial charge is 0.0991 e. The molecule has 4 rings (SSSR count). The normalized spacial score (nSPS) is 11.2. The van der Waals surface area contributed by atoms with E-state index >= 15 is 0 Å². The average molecular weight is 390 g/mol. The molecule has 3 heteroatoms. The van der Waals surface area contributed by atoms with Crippen molar-refractivity contribution < 1.29 is 0 Å². The lowest BCUT2D eigenvalue weighted by molar-refractivity contribution is 0.786. The molecule has 0 saturated heterocycles. The number of hydrogen-bond donors (Lipinski definition) is 0. The molecule has 0 aliphatic heterocycles. The molecular formula is C27H23N3. The SMILES string of the molecule is N#Cc1ccc(C(=CCCc2ccccc2)c2cncn2Cc2ccccc2)cc1. The molecule has 0 N–H and O–H groups in total. The van der Waals surface area contributed by atoms with Gasteiger partial charge in [0.2, 0.25) is 0 Å². The maximum Gasteiger partial charge on any atom is 0.0991 e. The Labute approximate surface area is 177 Å². The van der Waals surface area contributed by atoms with Gasteiger partial charge >= 0.3 is 0 Å². The lowest BCUT2D eigenvalue weighted by atomic mass is 9.99. The van der Waals surface area contributed by atoms with Crippen LogP contribution in [-0.4, -0.2) is 9.55 Å². The van der Waals surface area contributed by atoms with Gasteiger partial charge in [-0.15, -0.1) is 0 Å². The van der Waals surface area contributed by atoms with Crippen LogP contribution in [0.25, 0.3) is 5.57 Å². The first-order valence-corrected chi connectivity index (χ1v) is 10.1. The zero-order valence-corrected chi connectivity index (χ0v) is 16.8. The molecule has 1 aromatic heterocycles. The van der Waals surface area contributed by atoms with Crippen molar-refractivity contribution in [3.05, 3.63) is 131 Å². The van der Waals surface area contributed by atoms with Crippen molar-refractivity contribution in [2.24, 2.45) is 0 Å². The highest BCUT2D eigenvalue weighted by Gasteiger charge is 2.11. The van der Waals surface area contributed by atoms with Crippen molar-refractivity contribution >= 4 is 5.57 Å². The third-order valence-corrected chi connectivity index (χ3v) is 5.13. The minimum Gasteiger partial charge on any atom is -0.326 e.